The summed E-state index contributed by atoms with van der Waals surface area (Å²) in [4.78, 5) is 17.2. The van der Waals surface area contributed by atoms with Crippen molar-refractivity contribution >= 4 is 17.7 Å². The number of carbonyl (C=O) groups is 1. The molecule has 4 rings (SSSR count). The van der Waals surface area contributed by atoms with E-state index >= 15 is 0 Å². The molecule has 130 valence electrons. The fourth-order valence-electron chi connectivity index (χ4n) is 3.89. The van der Waals surface area contributed by atoms with Crippen LogP contribution in [0.3, 0.4) is 0 Å². The lowest BCUT2D eigenvalue weighted by molar-refractivity contribution is -0.132. The summed E-state index contributed by atoms with van der Waals surface area (Å²) >= 11 is 1.86. The molecule has 2 aromatic carbocycles. The van der Waals surface area contributed by atoms with Crippen LogP contribution in [0.5, 0.6) is 0 Å². The first-order valence-corrected chi connectivity index (χ1v) is 9.98. The van der Waals surface area contributed by atoms with Crippen molar-refractivity contribution < 1.29 is 4.79 Å². The van der Waals surface area contributed by atoms with Crippen molar-refractivity contribution in [3.63, 3.8) is 0 Å². The average Bonchev–Trinajstić information content (AvgIpc) is 2.95. The lowest BCUT2D eigenvalue weighted by atomic mass is 10.0. The van der Waals surface area contributed by atoms with Gasteiger partial charge in [-0.1, -0.05) is 60.7 Å². The maximum Gasteiger partial charge on any atom is 0.234 e. The Kier molecular flexibility index (Phi) is 4.82. The van der Waals surface area contributed by atoms with Gasteiger partial charge in [0.15, 0.2) is 0 Å². The first-order valence-electron chi connectivity index (χ1n) is 9.00. The Bertz CT molecular complexity index is 711. The zero-order valence-electron chi connectivity index (χ0n) is 14.4. The second-order valence-corrected chi connectivity index (χ2v) is 8.30. The number of rotatable bonds is 4. The van der Waals surface area contributed by atoms with Gasteiger partial charge in [-0.25, -0.2) is 0 Å². The molecule has 3 nitrogen and oxygen atoms in total. The fourth-order valence-corrected chi connectivity index (χ4v) is 5.24. The zero-order chi connectivity index (χ0) is 17.1. The van der Waals surface area contributed by atoms with E-state index in [2.05, 4.69) is 64.4 Å². The minimum Gasteiger partial charge on any atom is -0.323 e. The summed E-state index contributed by atoms with van der Waals surface area (Å²) in [5.41, 5.74) is 2.60. The zero-order valence-corrected chi connectivity index (χ0v) is 15.3. The van der Waals surface area contributed by atoms with E-state index in [4.69, 9.17) is 0 Å². The van der Waals surface area contributed by atoms with Gasteiger partial charge < -0.3 is 4.90 Å². The third-order valence-electron chi connectivity index (χ3n) is 5.33. The normalized spacial score (nSPS) is 20.3. The van der Waals surface area contributed by atoms with Crippen molar-refractivity contribution in [3.8, 4) is 0 Å². The van der Waals surface area contributed by atoms with Crippen LogP contribution in [0.1, 0.15) is 24.0 Å². The molecule has 0 aliphatic carbocycles. The van der Waals surface area contributed by atoms with E-state index in [-0.39, 0.29) is 4.87 Å². The Morgan fingerprint density at radius 2 is 1.40 bits per heavy atom. The van der Waals surface area contributed by atoms with Gasteiger partial charge in [-0.05, 0) is 24.0 Å². The van der Waals surface area contributed by atoms with Crippen LogP contribution in [0.25, 0.3) is 0 Å². The van der Waals surface area contributed by atoms with Crippen LogP contribution in [0.2, 0.25) is 0 Å². The van der Waals surface area contributed by atoms with E-state index in [9.17, 15) is 4.79 Å². The third kappa shape index (κ3) is 3.60. The Labute approximate surface area is 154 Å². The third-order valence-corrected chi connectivity index (χ3v) is 6.88. The van der Waals surface area contributed by atoms with Gasteiger partial charge >= 0.3 is 0 Å². The molecule has 2 saturated heterocycles. The summed E-state index contributed by atoms with van der Waals surface area (Å²) < 4.78 is 0. The molecule has 2 fully saturated rings. The molecular weight excluding hydrogens is 328 g/mol. The predicted molar refractivity (Wildman–Crippen MR) is 103 cm³/mol. The molecule has 2 aliphatic rings. The molecule has 0 radical (unpaired) electrons. The van der Waals surface area contributed by atoms with Crippen molar-refractivity contribution in [1.29, 1.82) is 0 Å². The van der Waals surface area contributed by atoms with Crippen molar-refractivity contribution in [1.82, 2.24) is 9.80 Å². The number of thioether (sulfide) groups is 1. The first kappa shape index (κ1) is 16.7. The Hall–Kier alpha value is -1.78. The van der Waals surface area contributed by atoms with E-state index in [0.717, 1.165) is 39.0 Å². The smallest absolute Gasteiger partial charge is 0.234 e. The van der Waals surface area contributed by atoms with E-state index in [1.54, 1.807) is 0 Å². The number of piperidine rings is 1. The van der Waals surface area contributed by atoms with Crippen LogP contribution < -0.4 is 0 Å². The average molecular weight is 353 g/mol. The second kappa shape index (κ2) is 7.22. The maximum atomic E-state index is 12.5. The molecule has 0 N–H and O–H groups in total. The lowest BCUT2D eigenvalue weighted by Crippen LogP contribution is -2.51. The van der Waals surface area contributed by atoms with Crippen molar-refractivity contribution in [2.75, 3.05) is 18.8 Å². The highest BCUT2D eigenvalue weighted by Gasteiger charge is 2.47. The molecule has 0 saturated carbocycles. The van der Waals surface area contributed by atoms with Gasteiger partial charge in [-0.3, -0.25) is 9.69 Å². The molecule has 4 heteroatoms. The molecule has 0 unspecified atom stereocenters. The van der Waals surface area contributed by atoms with Gasteiger partial charge in [0.25, 0.3) is 0 Å². The highest BCUT2D eigenvalue weighted by Crippen LogP contribution is 2.45. The summed E-state index contributed by atoms with van der Waals surface area (Å²) in [5, 5.41) is 0. The summed E-state index contributed by atoms with van der Waals surface area (Å²) in [5.74, 6) is 0.927. The number of hydrogen-bond acceptors (Lipinski definition) is 3. The number of amides is 1. The Balaban J connectivity index is 1.42. The molecule has 0 aromatic heterocycles. The standard InChI is InChI=1S/C21H24N2OS/c24-20-17-25-21(23(20)16-19-9-5-2-6-10-19)11-13-22(14-12-21)15-18-7-3-1-4-8-18/h1-10H,11-17H2. The number of carbonyl (C=O) groups excluding carboxylic acids is 1. The molecule has 25 heavy (non-hydrogen) atoms. The van der Waals surface area contributed by atoms with Crippen LogP contribution in [-0.4, -0.2) is 39.4 Å². The van der Waals surface area contributed by atoms with E-state index in [1.165, 1.54) is 11.1 Å². The molecule has 2 aliphatic heterocycles. The van der Waals surface area contributed by atoms with Crippen molar-refractivity contribution in [2.24, 2.45) is 0 Å². The van der Waals surface area contributed by atoms with Crippen LogP contribution >= 0.6 is 11.8 Å². The summed E-state index contributed by atoms with van der Waals surface area (Å²) in [6.45, 7) is 3.86. The molecule has 2 aromatic rings. The molecule has 0 bridgehead atoms. The molecule has 1 spiro atoms. The molecular formula is C21H24N2OS. The van der Waals surface area contributed by atoms with Gasteiger partial charge in [0.05, 0.1) is 10.6 Å². The Morgan fingerprint density at radius 1 is 0.840 bits per heavy atom. The van der Waals surface area contributed by atoms with Gasteiger partial charge in [-0.15, -0.1) is 11.8 Å². The van der Waals surface area contributed by atoms with Crippen LogP contribution in [0, 0.1) is 0 Å². The minimum absolute atomic E-state index is 0.000112. The van der Waals surface area contributed by atoms with Crippen molar-refractivity contribution in [2.45, 2.75) is 30.8 Å². The van der Waals surface area contributed by atoms with E-state index in [1.807, 2.05) is 17.8 Å². The van der Waals surface area contributed by atoms with Crippen LogP contribution in [0.4, 0.5) is 0 Å². The highest BCUT2D eigenvalue weighted by molar-refractivity contribution is 8.01. The van der Waals surface area contributed by atoms with Gasteiger partial charge in [0.1, 0.15) is 0 Å². The van der Waals surface area contributed by atoms with Gasteiger partial charge in [0.2, 0.25) is 5.91 Å². The van der Waals surface area contributed by atoms with Crippen LogP contribution in [0.15, 0.2) is 60.7 Å². The second-order valence-electron chi connectivity index (χ2n) is 6.96. The first-order chi connectivity index (χ1) is 12.3. The SMILES string of the molecule is O=C1CSC2(CCN(Cc3ccccc3)CC2)N1Cc1ccccc1. The highest BCUT2D eigenvalue weighted by atomic mass is 32.2. The van der Waals surface area contributed by atoms with Gasteiger partial charge in [-0.2, -0.15) is 0 Å². The quantitative estimate of drug-likeness (QED) is 0.837. The summed E-state index contributed by atoms with van der Waals surface area (Å²) in [6.07, 6.45) is 2.12. The lowest BCUT2D eigenvalue weighted by Gasteiger charge is -2.44. The molecule has 2 heterocycles. The number of likely N-dealkylation sites (tertiary alicyclic amines) is 1. The summed E-state index contributed by atoms with van der Waals surface area (Å²) in [7, 11) is 0. The van der Waals surface area contributed by atoms with Crippen molar-refractivity contribution in [3.05, 3.63) is 71.8 Å². The van der Waals surface area contributed by atoms with Gasteiger partial charge in [0, 0.05) is 26.2 Å². The topological polar surface area (TPSA) is 23.6 Å². The minimum atomic E-state index is 0.000112. The fraction of sp³-hybridized carbons (Fsp3) is 0.381. The number of benzene rings is 2. The maximum absolute atomic E-state index is 12.5. The predicted octanol–water partition coefficient (Wildman–Crippen LogP) is 3.75. The van der Waals surface area contributed by atoms with E-state index in [0.29, 0.717) is 11.7 Å². The monoisotopic (exact) mass is 352 g/mol. The molecule has 0 atom stereocenters. The van der Waals surface area contributed by atoms with Crippen LogP contribution in [-0.2, 0) is 17.9 Å². The summed E-state index contributed by atoms with van der Waals surface area (Å²) in [6, 6.07) is 21.0. The number of nitrogens with zero attached hydrogens (tertiary/aromatic N) is 2. The Morgan fingerprint density at radius 3 is 2.00 bits per heavy atom. The van der Waals surface area contributed by atoms with E-state index < -0.39 is 0 Å². The largest absolute Gasteiger partial charge is 0.323 e. The number of hydrogen-bond donors (Lipinski definition) is 0. The molecule has 1 amide bonds.